The molecule has 1 heterocycles. The fraction of sp³-hybridized carbons (Fsp3) is 0. The molecule has 0 fully saturated rings. The number of phenols is 1. The van der Waals surface area contributed by atoms with Gasteiger partial charge in [-0.3, -0.25) is 0 Å². The Morgan fingerprint density at radius 3 is 2.00 bits per heavy atom. The first-order chi connectivity index (χ1) is 9.18. The fourth-order valence-electron chi connectivity index (χ4n) is 1.47. The van der Waals surface area contributed by atoms with Gasteiger partial charge in [0, 0.05) is 5.56 Å². The van der Waals surface area contributed by atoms with Gasteiger partial charge < -0.3 is 14.9 Å². The Morgan fingerprint density at radius 2 is 1.53 bits per heavy atom. The van der Waals surface area contributed by atoms with E-state index >= 15 is 0 Å². The molecule has 0 aromatic heterocycles. The van der Waals surface area contributed by atoms with Crippen molar-refractivity contribution in [1.82, 2.24) is 0 Å². The monoisotopic (exact) mass is 256 g/mol. The molecule has 0 radical (unpaired) electrons. The molecule has 4 nitrogen and oxygen atoms in total. The van der Waals surface area contributed by atoms with Crippen molar-refractivity contribution in [3.8, 4) is 16.9 Å². The molecule has 0 aliphatic carbocycles. The van der Waals surface area contributed by atoms with E-state index in [0.29, 0.717) is 5.75 Å². The first kappa shape index (κ1) is 12.7. The van der Waals surface area contributed by atoms with Crippen molar-refractivity contribution in [2.75, 3.05) is 0 Å². The van der Waals surface area contributed by atoms with Crippen LogP contribution in [0.15, 0.2) is 66.6 Å². The maximum atomic E-state index is 9.57. The number of aliphatic carboxylic acids is 1. The third-order valence-electron chi connectivity index (χ3n) is 2.44. The zero-order valence-electron chi connectivity index (χ0n) is 9.98. The summed E-state index contributed by atoms with van der Waals surface area (Å²) in [6.07, 6.45) is 1.18. The number of carboxylic acids is 1. The number of phenolic OH excluding ortho intramolecular Hbond substituents is 1. The third kappa shape index (κ3) is 3.61. The van der Waals surface area contributed by atoms with Gasteiger partial charge >= 0.3 is 5.97 Å². The van der Waals surface area contributed by atoms with E-state index in [0.717, 1.165) is 11.1 Å². The SMILES string of the molecule is O=C(O)C1=CO1.Oc1ccccc1-c1ccccc1. The Kier molecular flexibility index (Phi) is 3.83. The molecule has 2 aromatic rings. The maximum absolute atomic E-state index is 9.57. The van der Waals surface area contributed by atoms with Gasteiger partial charge in [-0.25, -0.2) is 4.79 Å². The highest BCUT2D eigenvalue weighted by atomic mass is 16.6. The summed E-state index contributed by atoms with van der Waals surface area (Å²) in [5, 5.41) is 17.4. The number of benzene rings is 2. The molecule has 0 saturated carbocycles. The Labute approximate surface area is 110 Å². The zero-order chi connectivity index (χ0) is 13.7. The van der Waals surface area contributed by atoms with E-state index in [4.69, 9.17) is 5.11 Å². The van der Waals surface area contributed by atoms with Crippen molar-refractivity contribution in [2.45, 2.75) is 0 Å². The van der Waals surface area contributed by atoms with Crippen molar-refractivity contribution in [3.05, 3.63) is 66.6 Å². The Balaban J connectivity index is 0.000000186. The highest BCUT2D eigenvalue weighted by molar-refractivity contribution is 5.86. The van der Waals surface area contributed by atoms with E-state index in [1.54, 1.807) is 6.07 Å². The summed E-state index contributed by atoms with van der Waals surface area (Å²) in [4.78, 5) is 9.57. The van der Waals surface area contributed by atoms with Crippen LogP contribution in [0.1, 0.15) is 0 Å². The second-order valence-electron chi connectivity index (χ2n) is 3.79. The van der Waals surface area contributed by atoms with Crippen LogP contribution in [0.25, 0.3) is 11.1 Å². The average Bonchev–Trinajstić information content (AvgIpc) is 3.25. The predicted molar refractivity (Wildman–Crippen MR) is 70.3 cm³/mol. The van der Waals surface area contributed by atoms with E-state index in [2.05, 4.69) is 4.74 Å². The molecule has 0 saturated heterocycles. The topological polar surface area (TPSA) is 70.1 Å². The molecule has 4 heteroatoms. The number of hydrogen-bond donors (Lipinski definition) is 2. The largest absolute Gasteiger partial charge is 0.507 e. The molecule has 0 amide bonds. The molecule has 0 spiro atoms. The summed E-state index contributed by atoms with van der Waals surface area (Å²) in [5.41, 5.74) is 1.92. The number of carboxylic acid groups (broad SMARTS) is 1. The number of rotatable bonds is 2. The lowest BCUT2D eigenvalue weighted by atomic mass is 10.1. The van der Waals surface area contributed by atoms with Crippen LogP contribution in [0.4, 0.5) is 0 Å². The number of ether oxygens (including phenoxy) is 1. The molecular formula is C15H12O4. The van der Waals surface area contributed by atoms with Crippen molar-refractivity contribution >= 4 is 5.97 Å². The minimum Gasteiger partial charge on any atom is -0.507 e. The normalized spacial score (nSPS) is 11.5. The van der Waals surface area contributed by atoms with Gasteiger partial charge in [0.15, 0.2) is 0 Å². The predicted octanol–water partition coefficient (Wildman–Crippen LogP) is 3.00. The molecule has 19 heavy (non-hydrogen) atoms. The lowest BCUT2D eigenvalue weighted by Gasteiger charge is -2.02. The molecule has 0 unspecified atom stereocenters. The standard InChI is InChI=1S/C12H10O.C3H2O3/c13-12-9-5-4-8-11(12)10-6-2-1-3-7-10;4-3(5)2-1-6-2/h1-9,13H;1H,(H,4,5). The lowest BCUT2D eigenvalue weighted by molar-refractivity contribution is -0.133. The van der Waals surface area contributed by atoms with Gasteiger partial charge in [0.05, 0.1) is 0 Å². The summed E-state index contributed by atoms with van der Waals surface area (Å²) in [6, 6.07) is 17.2. The van der Waals surface area contributed by atoms with Crippen LogP contribution < -0.4 is 0 Å². The summed E-state index contributed by atoms with van der Waals surface area (Å²) in [7, 11) is 0. The number of hydrogen-bond acceptors (Lipinski definition) is 3. The Morgan fingerprint density at radius 1 is 0.947 bits per heavy atom. The van der Waals surface area contributed by atoms with Crippen molar-refractivity contribution in [3.63, 3.8) is 0 Å². The van der Waals surface area contributed by atoms with E-state index < -0.39 is 5.97 Å². The second kappa shape index (κ2) is 5.73. The van der Waals surface area contributed by atoms with Crippen molar-refractivity contribution in [1.29, 1.82) is 0 Å². The maximum Gasteiger partial charge on any atom is 0.375 e. The smallest absolute Gasteiger partial charge is 0.375 e. The minimum atomic E-state index is -0.991. The van der Waals surface area contributed by atoms with Crippen molar-refractivity contribution < 1.29 is 19.7 Å². The molecule has 1 aliphatic heterocycles. The Bertz CT molecular complexity index is 603. The molecule has 1 aliphatic rings. The van der Waals surface area contributed by atoms with Gasteiger partial charge in [0.25, 0.3) is 0 Å². The molecule has 2 aromatic carbocycles. The lowest BCUT2D eigenvalue weighted by Crippen LogP contribution is -1.88. The summed E-state index contributed by atoms with van der Waals surface area (Å²) >= 11 is 0. The van der Waals surface area contributed by atoms with Gasteiger partial charge in [-0.1, -0.05) is 48.5 Å². The molecule has 2 N–H and O–H groups in total. The molecule has 96 valence electrons. The summed E-state index contributed by atoms with van der Waals surface area (Å²) < 4.78 is 4.16. The van der Waals surface area contributed by atoms with E-state index in [9.17, 15) is 9.90 Å². The van der Waals surface area contributed by atoms with Gasteiger partial charge in [-0.05, 0) is 11.6 Å². The highest BCUT2D eigenvalue weighted by Gasteiger charge is 2.17. The van der Waals surface area contributed by atoms with E-state index in [1.165, 1.54) is 6.26 Å². The minimum absolute atomic E-state index is 0.0509. The fourth-order valence-corrected chi connectivity index (χ4v) is 1.47. The number of carbonyl (C=O) groups is 1. The quantitative estimate of drug-likeness (QED) is 0.866. The molecule has 0 atom stereocenters. The third-order valence-corrected chi connectivity index (χ3v) is 2.44. The average molecular weight is 256 g/mol. The first-order valence-corrected chi connectivity index (χ1v) is 5.62. The van der Waals surface area contributed by atoms with Crippen LogP contribution in [-0.2, 0) is 9.53 Å². The highest BCUT2D eigenvalue weighted by Crippen LogP contribution is 2.27. The van der Waals surface area contributed by atoms with Gasteiger partial charge in [0.1, 0.15) is 12.0 Å². The van der Waals surface area contributed by atoms with Crippen LogP contribution in [-0.4, -0.2) is 16.2 Å². The van der Waals surface area contributed by atoms with Gasteiger partial charge in [-0.15, -0.1) is 0 Å². The number of para-hydroxylation sites is 1. The van der Waals surface area contributed by atoms with Crippen LogP contribution >= 0.6 is 0 Å². The van der Waals surface area contributed by atoms with E-state index in [-0.39, 0.29) is 5.76 Å². The van der Waals surface area contributed by atoms with Crippen molar-refractivity contribution in [2.24, 2.45) is 0 Å². The molecule has 0 bridgehead atoms. The zero-order valence-corrected chi connectivity index (χ0v) is 9.98. The van der Waals surface area contributed by atoms with E-state index in [1.807, 2.05) is 48.5 Å². The Hall–Kier alpha value is -2.75. The van der Waals surface area contributed by atoms with Crippen LogP contribution in [0.5, 0.6) is 5.75 Å². The summed E-state index contributed by atoms with van der Waals surface area (Å²) in [5.74, 6) is -0.612. The second-order valence-corrected chi connectivity index (χ2v) is 3.79. The molecular weight excluding hydrogens is 244 g/mol. The molecule has 3 rings (SSSR count). The van der Waals surface area contributed by atoms with Crippen LogP contribution in [0.3, 0.4) is 0 Å². The van der Waals surface area contributed by atoms with Gasteiger partial charge in [-0.2, -0.15) is 0 Å². The van der Waals surface area contributed by atoms with Crippen LogP contribution in [0.2, 0.25) is 0 Å². The summed E-state index contributed by atoms with van der Waals surface area (Å²) in [6.45, 7) is 0. The van der Waals surface area contributed by atoms with Crippen LogP contribution in [0, 0.1) is 0 Å². The number of aromatic hydroxyl groups is 1. The first-order valence-electron chi connectivity index (χ1n) is 5.62. The van der Waals surface area contributed by atoms with Gasteiger partial charge in [0.2, 0.25) is 5.76 Å².